The van der Waals surface area contributed by atoms with Crippen LogP contribution in [0.2, 0.25) is 0 Å². The van der Waals surface area contributed by atoms with E-state index in [0.717, 1.165) is 8.04 Å². The molecule has 0 aliphatic rings. The zero-order valence-corrected chi connectivity index (χ0v) is 11.7. The second-order valence-corrected chi connectivity index (χ2v) is 5.06. The van der Waals surface area contributed by atoms with Gasteiger partial charge in [-0.05, 0) is 63.1 Å². The van der Waals surface area contributed by atoms with Crippen LogP contribution in [0.4, 0.5) is 0 Å². The van der Waals surface area contributed by atoms with Crippen LogP contribution in [0, 0.1) is 3.57 Å². The molecule has 0 heterocycles. The molecule has 82 valence electrons. The summed E-state index contributed by atoms with van der Waals surface area (Å²) in [5.74, 6) is -0.117. The summed E-state index contributed by atoms with van der Waals surface area (Å²) in [6.45, 7) is 0.584. The first-order chi connectivity index (χ1) is 7.15. The van der Waals surface area contributed by atoms with Crippen LogP contribution in [0.3, 0.4) is 0 Å². The summed E-state index contributed by atoms with van der Waals surface area (Å²) in [4.78, 5) is 11.7. The Kier molecular flexibility index (Phi) is 5.55. The molecular formula is C10H11BrINO2. The van der Waals surface area contributed by atoms with E-state index in [4.69, 9.17) is 5.11 Å². The van der Waals surface area contributed by atoms with Gasteiger partial charge in [0.25, 0.3) is 5.91 Å². The number of nitrogens with one attached hydrogen (secondary N) is 1. The SMILES string of the molecule is O=C(NCCCO)c1cc(I)ccc1Br. The molecule has 0 saturated heterocycles. The number of aliphatic hydroxyl groups excluding tert-OH is 1. The lowest BCUT2D eigenvalue weighted by molar-refractivity contribution is 0.0950. The molecule has 1 rings (SSSR count). The first-order valence-electron chi connectivity index (χ1n) is 4.49. The molecule has 15 heavy (non-hydrogen) atoms. The standard InChI is InChI=1S/C10H11BrINO2/c11-9-3-2-7(12)6-8(9)10(15)13-4-1-5-14/h2-3,6,14H,1,4-5H2,(H,13,15). The number of benzene rings is 1. The molecule has 0 spiro atoms. The lowest BCUT2D eigenvalue weighted by Gasteiger charge is -2.06. The second-order valence-electron chi connectivity index (χ2n) is 2.96. The Bertz CT molecular complexity index is 357. The summed E-state index contributed by atoms with van der Waals surface area (Å²) in [6, 6.07) is 5.59. The number of amides is 1. The van der Waals surface area contributed by atoms with Crippen LogP contribution in [0.25, 0.3) is 0 Å². The maximum atomic E-state index is 11.7. The Balaban J connectivity index is 2.68. The third kappa shape index (κ3) is 4.08. The van der Waals surface area contributed by atoms with Gasteiger partial charge in [-0.2, -0.15) is 0 Å². The van der Waals surface area contributed by atoms with Crippen molar-refractivity contribution in [1.29, 1.82) is 0 Å². The van der Waals surface area contributed by atoms with E-state index < -0.39 is 0 Å². The molecule has 0 unspecified atom stereocenters. The van der Waals surface area contributed by atoms with Crippen LogP contribution < -0.4 is 5.32 Å². The second kappa shape index (κ2) is 6.44. The summed E-state index contributed by atoms with van der Waals surface area (Å²) in [7, 11) is 0. The molecule has 0 radical (unpaired) electrons. The number of carbonyl (C=O) groups excluding carboxylic acids is 1. The summed E-state index contributed by atoms with van der Waals surface area (Å²) >= 11 is 5.49. The molecule has 1 aromatic rings. The smallest absolute Gasteiger partial charge is 0.252 e. The van der Waals surface area contributed by atoms with Crippen molar-refractivity contribution in [3.63, 3.8) is 0 Å². The molecule has 5 heteroatoms. The highest BCUT2D eigenvalue weighted by Crippen LogP contribution is 2.19. The van der Waals surface area contributed by atoms with Crippen LogP contribution in [-0.4, -0.2) is 24.2 Å². The Morgan fingerprint density at radius 2 is 2.27 bits per heavy atom. The minimum Gasteiger partial charge on any atom is -0.396 e. The fourth-order valence-electron chi connectivity index (χ4n) is 1.05. The van der Waals surface area contributed by atoms with Gasteiger partial charge in [0.15, 0.2) is 0 Å². The number of hydrogen-bond acceptors (Lipinski definition) is 2. The van der Waals surface area contributed by atoms with E-state index in [2.05, 4.69) is 43.8 Å². The van der Waals surface area contributed by atoms with E-state index in [1.54, 1.807) is 0 Å². The lowest BCUT2D eigenvalue weighted by atomic mass is 10.2. The van der Waals surface area contributed by atoms with Crippen LogP contribution in [0.1, 0.15) is 16.8 Å². The van der Waals surface area contributed by atoms with E-state index in [9.17, 15) is 4.79 Å². The molecule has 2 N–H and O–H groups in total. The average molecular weight is 384 g/mol. The Morgan fingerprint density at radius 1 is 1.53 bits per heavy atom. The largest absolute Gasteiger partial charge is 0.396 e. The third-order valence-corrected chi connectivity index (χ3v) is 3.16. The van der Waals surface area contributed by atoms with E-state index in [-0.39, 0.29) is 12.5 Å². The van der Waals surface area contributed by atoms with Gasteiger partial charge in [0, 0.05) is 21.2 Å². The van der Waals surface area contributed by atoms with E-state index in [1.807, 2.05) is 18.2 Å². The van der Waals surface area contributed by atoms with Gasteiger partial charge in [0.2, 0.25) is 0 Å². The summed E-state index contributed by atoms with van der Waals surface area (Å²) in [5, 5.41) is 11.3. The molecule has 0 aromatic heterocycles. The maximum Gasteiger partial charge on any atom is 0.252 e. The zero-order chi connectivity index (χ0) is 11.3. The third-order valence-electron chi connectivity index (χ3n) is 1.79. The molecule has 1 aromatic carbocycles. The molecule has 1 amide bonds. The Hall–Kier alpha value is -0.140. The zero-order valence-electron chi connectivity index (χ0n) is 7.96. The topological polar surface area (TPSA) is 49.3 Å². The van der Waals surface area contributed by atoms with Gasteiger partial charge in [0.1, 0.15) is 0 Å². The minimum absolute atomic E-state index is 0.0910. The number of hydrogen-bond donors (Lipinski definition) is 2. The predicted molar refractivity (Wildman–Crippen MR) is 70.9 cm³/mol. The fraction of sp³-hybridized carbons (Fsp3) is 0.300. The number of aliphatic hydroxyl groups is 1. The lowest BCUT2D eigenvalue weighted by Crippen LogP contribution is -2.25. The quantitative estimate of drug-likeness (QED) is 0.618. The highest BCUT2D eigenvalue weighted by molar-refractivity contribution is 14.1. The van der Waals surface area contributed by atoms with Crippen LogP contribution in [-0.2, 0) is 0 Å². The Morgan fingerprint density at radius 3 is 2.93 bits per heavy atom. The average Bonchev–Trinajstić information content (AvgIpc) is 2.22. The van der Waals surface area contributed by atoms with Gasteiger partial charge in [-0.3, -0.25) is 4.79 Å². The van der Waals surface area contributed by atoms with Gasteiger partial charge >= 0.3 is 0 Å². The van der Waals surface area contributed by atoms with Crippen molar-refractivity contribution in [3.8, 4) is 0 Å². The highest BCUT2D eigenvalue weighted by Gasteiger charge is 2.09. The van der Waals surface area contributed by atoms with E-state index in [1.165, 1.54) is 0 Å². The first kappa shape index (κ1) is 12.9. The predicted octanol–water partition coefficient (Wildman–Crippen LogP) is 2.17. The maximum absolute atomic E-state index is 11.7. The number of carbonyl (C=O) groups is 1. The van der Waals surface area contributed by atoms with Crippen molar-refractivity contribution in [3.05, 3.63) is 31.8 Å². The van der Waals surface area contributed by atoms with Crippen molar-refractivity contribution in [2.45, 2.75) is 6.42 Å². The van der Waals surface area contributed by atoms with Crippen LogP contribution in [0.15, 0.2) is 22.7 Å². The molecular weight excluding hydrogens is 373 g/mol. The highest BCUT2D eigenvalue weighted by atomic mass is 127. The van der Waals surface area contributed by atoms with Crippen molar-refractivity contribution < 1.29 is 9.90 Å². The summed E-state index contributed by atoms with van der Waals surface area (Å²) in [6.07, 6.45) is 0.577. The van der Waals surface area contributed by atoms with Crippen molar-refractivity contribution in [2.75, 3.05) is 13.2 Å². The molecule has 3 nitrogen and oxygen atoms in total. The van der Waals surface area contributed by atoms with Gasteiger partial charge in [-0.15, -0.1) is 0 Å². The van der Waals surface area contributed by atoms with E-state index >= 15 is 0 Å². The molecule has 0 fully saturated rings. The van der Waals surface area contributed by atoms with E-state index in [0.29, 0.717) is 18.5 Å². The van der Waals surface area contributed by atoms with Gasteiger partial charge in [-0.25, -0.2) is 0 Å². The minimum atomic E-state index is -0.117. The molecule has 0 bridgehead atoms. The van der Waals surface area contributed by atoms with Crippen LogP contribution >= 0.6 is 38.5 Å². The van der Waals surface area contributed by atoms with Crippen molar-refractivity contribution in [2.24, 2.45) is 0 Å². The molecule has 0 atom stereocenters. The normalized spacial score (nSPS) is 10.1. The van der Waals surface area contributed by atoms with Crippen molar-refractivity contribution >= 4 is 44.4 Å². The summed E-state index contributed by atoms with van der Waals surface area (Å²) in [5.41, 5.74) is 0.625. The monoisotopic (exact) mass is 383 g/mol. The number of halogens is 2. The fourth-order valence-corrected chi connectivity index (χ4v) is 1.97. The molecule has 0 saturated carbocycles. The Labute approximate surface area is 111 Å². The summed E-state index contributed by atoms with van der Waals surface area (Å²) < 4.78 is 1.80. The van der Waals surface area contributed by atoms with Crippen LogP contribution in [0.5, 0.6) is 0 Å². The first-order valence-corrected chi connectivity index (χ1v) is 6.36. The number of rotatable bonds is 4. The van der Waals surface area contributed by atoms with Gasteiger partial charge in [0.05, 0.1) is 5.56 Å². The van der Waals surface area contributed by atoms with Gasteiger partial charge in [-0.1, -0.05) is 0 Å². The van der Waals surface area contributed by atoms with Crippen molar-refractivity contribution in [1.82, 2.24) is 5.32 Å². The van der Waals surface area contributed by atoms with Gasteiger partial charge < -0.3 is 10.4 Å². The molecule has 0 aliphatic heterocycles. The molecule has 0 aliphatic carbocycles.